The minimum absolute atomic E-state index is 0.123. The molecule has 0 spiro atoms. The number of nitrogens with zero attached hydrogens (tertiary/aromatic N) is 2. The van der Waals surface area contributed by atoms with Crippen molar-refractivity contribution in [1.82, 2.24) is 15.1 Å². The third kappa shape index (κ3) is 6.02. The summed E-state index contributed by atoms with van der Waals surface area (Å²) in [6.45, 7) is 4.60. The van der Waals surface area contributed by atoms with Gasteiger partial charge < -0.3 is 15.1 Å². The Morgan fingerprint density at radius 3 is 2.61 bits per heavy atom. The zero-order valence-corrected chi connectivity index (χ0v) is 11.4. The Kier molecular flexibility index (Phi) is 5.88. The summed E-state index contributed by atoms with van der Waals surface area (Å²) in [5.41, 5.74) is 0. The monoisotopic (exact) mass is 267 g/mol. The van der Waals surface area contributed by atoms with Gasteiger partial charge in [-0.15, -0.1) is 0 Å². The molecule has 0 aromatic carbocycles. The summed E-state index contributed by atoms with van der Waals surface area (Å²) in [6.07, 6.45) is -2.93. The SMILES string of the molecule is CC(CNCC(F)(F)F)N(C)CC1CCN(C)C1. The lowest BCUT2D eigenvalue weighted by Crippen LogP contribution is -2.42. The van der Waals surface area contributed by atoms with E-state index in [-0.39, 0.29) is 6.04 Å². The van der Waals surface area contributed by atoms with E-state index in [0.29, 0.717) is 12.5 Å². The Bertz CT molecular complexity index is 245. The van der Waals surface area contributed by atoms with Crippen LogP contribution in [0.1, 0.15) is 13.3 Å². The third-order valence-electron chi connectivity index (χ3n) is 3.55. The Morgan fingerprint density at radius 2 is 2.11 bits per heavy atom. The average molecular weight is 267 g/mol. The van der Waals surface area contributed by atoms with Crippen LogP contribution >= 0.6 is 0 Å². The summed E-state index contributed by atoms with van der Waals surface area (Å²) in [7, 11) is 4.09. The number of halogens is 3. The molecule has 0 aromatic rings. The van der Waals surface area contributed by atoms with Gasteiger partial charge in [0, 0.05) is 25.7 Å². The van der Waals surface area contributed by atoms with Crippen LogP contribution in [0.15, 0.2) is 0 Å². The van der Waals surface area contributed by atoms with Crippen molar-refractivity contribution in [3.8, 4) is 0 Å². The molecule has 1 heterocycles. The third-order valence-corrected chi connectivity index (χ3v) is 3.55. The van der Waals surface area contributed by atoms with Crippen LogP contribution in [-0.4, -0.2) is 68.8 Å². The summed E-state index contributed by atoms with van der Waals surface area (Å²) < 4.78 is 36.0. The zero-order chi connectivity index (χ0) is 13.8. The standard InChI is InChI=1S/C12H24F3N3/c1-10(6-16-9-12(13,14)15)18(3)8-11-4-5-17(2)7-11/h10-11,16H,4-9H2,1-3H3. The van der Waals surface area contributed by atoms with E-state index in [1.54, 1.807) is 0 Å². The number of alkyl halides is 3. The maximum absolute atomic E-state index is 12.0. The first-order valence-corrected chi connectivity index (χ1v) is 6.44. The number of hydrogen-bond donors (Lipinski definition) is 1. The van der Waals surface area contributed by atoms with Crippen molar-refractivity contribution in [3.05, 3.63) is 0 Å². The summed E-state index contributed by atoms with van der Waals surface area (Å²) in [5.74, 6) is 0.644. The second kappa shape index (κ2) is 6.73. The first-order chi connectivity index (χ1) is 8.28. The highest BCUT2D eigenvalue weighted by atomic mass is 19.4. The fraction of sp³-hybridized carbons (Fsp3) is 1.00. The van der Waals surface area contributed by atoms with Crippen molar-refractivity contribution in [1.29, 1.82) is 0 Å². The molecule has 3 nitrogen and oxygen atoms in total. The van der Waals surface area contributed by atoms with Crippen LogP contribution in [-0.2, 0) is 0 Å². The number of nitrogens with one attached hydrogen (secondary N) is 1. The molecule has 18 heavy (non-hydrogen) atoms. The average Bonchev–Trinajstić information content (AvgIpc) is 2.61. The van der Waals surface area contributed by atoms with Crippen molar-refractivity contribution in [2.24, 2.45) is 5.92 Å². The molecule has 0 amide bonds. The van der Waals surface area contributed by atoms with Gasteiger partial charge >= 0.3 is 6.18 Å². The molecule has 2 unspecified atom stereocenters. The predicted molar refractivity (Wildman–Crippen MR) is 66.6 cm³/mol. The van der Waals surface area contributed by atoms with E-state index in [4.69, 9.17) is 0 Å². The molecular weight excluding hydrogens is 243 g/mol. The highest BCUT2D eigenvalue weighted by molar-refractivity contribution is 4.77. The normalized spacial score (nSPS) is 23.8. The van der Waals surface area contributed by atoms with Gasteiger partial charge in [0.2, 0.25) is 0 Å². The lowest BCUT2D eigenvalue weighted by atomic mass is 10.1. The Labute approximate surface area is 107 Å². The van der Waals surface area contributed by atoms with Crippen molar-refractivity contribution >= 4 is 0 Å². The van der Waals surface area contributed by atoms with Gasteiger partial charge in [0.05, 0.1) is 6.54 Å². The predicted octanol–water partition coefficient (Wildman–Crippen LogP) is 1.41. The Balaban J connectivity index is 2.18. The summed E-state index contributed by atoms with van der Waals surface area (Å²) in [4.78, 5) is 4.44. The lowest BCUT2D eigenvalue weighted by molar-refractivity contribution is -0.125. The van der Waals surface area contributed by atoms with Gasteiger partial charge in [-0.05, 0) is 39.9 Å². The molecule has 0 aliphatic carbocycles. The van der Waals surface area contributed by atoms with Crippen LogP contribution in [0.25, 0.3) is 0 Å². The molecule has 0 bridgehead atoms. The number of rotatable bonds is 6. The molecule has 2 atom stereocenters. The van der Waals surface area contributed by atoms with Crippen LogP contribution < -0.4 is 5.32 Å². The van der Waals surface area contributed by atoms with E-state index in [9.17, 15) is 13.2 Å². The highest BCUT2D eigenvalue weighted by Crippen LogP contribution is 2.16. The molecule has 1 saturated heterocycles. The number of hydrogen-bond acceptors (Lipinski definition) is 3. The van der Waals surface area contributed by atoms with Crippen LogP contribution in [0.2, 0.25) is 0 Å². The molecule has 1 aliphatic heterocycles. The minimum Gasteiger partial charge on any atom is -0.307 e. The fourth-order valence-corrected chi connectivity index (χ4v) is 2.34. The van der Waals surface area contributed by atoms with Gasteiger partial charge in [-0.25, -0.2) is 0 Å². The maximum Gasteiger partial charge on any atom is 0.401 e. The van der Waals surface area contributed by atoms with Crippen LogP contribution in [0.5, 0.6) is 0 Å². The zero-order valence-electron chi connectivity index (χ0n) is 11.4. The van der Waals surface area contributed by atoms with Gasteiger partial charge in [0.15, 0.2) is 0 Å². The van der Waals surface area contributed by atoms with Crippen LogP contribution in [0.4, 0.5) is 13.2 Å². The largest absolute Gasteiger partial charge is 0.401 e. The summed E-state index contributed by atoms with van der Waals surface area (Å²) >= 11 is 0. The molecule has 6 heteroatoms. The molecule has 108 valence electrons. The van der Waals surface area contributed by atoms with E-state index < -0.39 is 12.7 Å². The second-order valence-electron chi connectivity index (χ2n) is 5.45. The fourth-order valence-electron chi connectivity index (χ4n) is 2.34. The highest BCUT2D eigenvalue weighted by Gasteiger charge is 2.27. The Morgan fingerprint density at radius 1 is 1.44 bits per heavy atom. The smallest absolute Gasteiger partial charge is 0.307 e. The summed E-state index contributed by atoms with van der Waals surface area (Å²) in [6, 6.07) is 0.123. The lowest BCUT2D eigenvalue weighted by Gasteiger charge is -2.27. The van der Waals surface area contributed by atoms with E-state index in [2.05, 4.69) is 22.2 Å². The molecule has 1 N–H and O–H groups in total. The van der Waals surface area contributed by atoms with Crippen molar-refractivity contribution in [2.45, 2.75) is 25.6 Å². The van der Waals surface area contributed by atoms with Crippen molar-refractivity contribution in [2.75, 3.05) is 46.8 Å². The van der Waals surface area contributed by atoms with E-state index >= 15 is 0 Å². The topological polar surface area (TPSA) is 18.5 Å². The molecule has 0 radical (unpaired) electrons. The molecule has 1 rings (SSSR count). The van der Waals surface area contributed by atoms with Gasteiger partial charge in [-0.3, -0.25) is 0 Å². The van der Waals surface area contributed by atoms with Gasteiger partial charge in [0.25, 0.3) is 0 Å². The molecule has 0 aromatic heterocycles. The maximum atomic E-state index is 12.0. The van der Waals surface area contributed by atoms with Crippen LogP contribution in [0, 0.1) is 5.92 Å². The molecule has 0 saturated carbocycles. The first kappa shape index (κ1) is 15.7. The van der Waals surface area contributed by atoms with Gasteiger partial charge in [-0.1, -0.05) is 0 Å². The Hall–Kier alpha value is -0.330. The summed E-state index contributed by atoms with van der Waals surface area (Å²) in [5, 5.41) is 2.46. The van der Waals surface area contributed by atoms with E-state index in [1.807, 2.05) is 14.0 Å². The van der Waals surface area contributed by atoms with E-state index in [0.717, 1.165) is 19.6 Å². The minimum atomic E-state index is -4.12. The molecule has 1 aliphatic rings. The molecular formula is C12H24F3N3. The van der Waals surface area contributed by atoms with E-state index in [1.165, 1.54) is 6.42 Å². The van der Waals surface area contributed by atoms with Crippen molar-refractivity contribution in [3.63, 3.8) is 0 Å². The first-order valence-electron chi connectivity index (χ1n) is 6.44. The quantitative estimate of drug-likeness (QED) is 0.785. The van der Waals surface area contributed by atoms with Gasteiger partial charge in [0.1, 0.15) is 0 Å². The van der Waals surface area contributed by atoms with Crippen LogP contribution in [0.3, 0.4) is 0 Å². The molecule has 1 fully saturated rings. The second-order valence-corrected chi connectivity index (χ2v) is 5.45. The number of likely N-dealkylation sites (N-methyl/N-ethyl adjacent to an activating group) is 1. The van der Waals surface area contributed by atoms with Crippen molar-refractivity contribution < 1.29 is 13.2 Å². The van der Waals surface area contributed by atoms with Gasteiger partial charge in [-0.2, -0.15) is 13.2 Å². The number of likely N-dealkylation sites (tertiary alicyclic amines) is 1.